The van der Waals surface area contributed by atoms with Gasteiger partial charge in [0.2, 0.25) is 0 Å². The smallest absolute Gasteiger partial charge is 0.0741 e. The van der Waals surface area contributed by atoms with E-state index in [1.807, 2.05) is 24.4 Å². The minimum Gasteiger partial charge on any atom is -0.372 e. The number of hydrogen-bond acceptors (Lipinski definition) is 2. The van der Waals surface area contributed by atoms with Crippen molar-refractivity contribution in [3.8, 4) is 0 Å². The van der Waals surface area contributed by atoms with E-state index < -0.39 is 0 Å². The second-order valence-corrected chi connectivity index (χ2v) is 4.84. The normalized spacial score (nSPS) is 11.1. The van der Waals surface area contributed by atoms with Crippen molar-refractivity contribution in [3.63, 3.8) is 0 Å². The van der Waals surface area contributed by atoms with Gasteiger partial charge in [0.25, 0.3) is 0 Å². The summed E-state index contributed by atoms with van der Waals surface area (Å²) in [4.78, 5) is 3.30. The van der Waals surface area contributed by atoms with Gasteiger partial charge >= 0.3 is 0 Å². The average molecular weight is 266 g/mol. The molecule has 3 rings (SSSR count). The lowest BCUT2D eigenvalue weighted by molar-refractivity contribution is 0.108. The van der Waals surface area contributed by atoms with Gasteiger partial charge in [-0.25, -0.2) is 0 Å². The molecule has 0 fully saturated rings. The van der Waals surface area contributed by atoms with Gasteiger partial charge in [0.05, 0.1) is 18.7 Å². The van der Waals surface area contributed by atoms with Gasteiger partial charge in [-0.05, 0) is 11.1 Å². The minimum absolute atomic E-state index is 0.550. The molecule has 20 heavy (non-hydrogen) atoms. The van der Waals surface area contributed by atoms with E-state index in [-0.39, 0.29) is 0 Å². The van der Waals surface area contributed by atoms with Crippen molar-refractivity contribution in [3.05, 3.63) is 71.4 Å². The van der Waals surface area contributed by atoms with Gasteiger partial charge in [0.15, 0.2) is 0 Å². The highest BCUT2D eigenvalue weighted by molar-refractivity contribution is 5.85. The van der Waals surface area contributed by atoms with Crippen LogP contribution in [0.4, 0.5) is 0 Å². The lowest BCUT2D eigenvalue weighted by Crippen LogP contribution is -1.96. The van der Waals surface area contributed by atoms with Crippen LogP contribution in [0, 0.1) is 0 Å². The van der Waals surface area contributed by atoms with Crippen molar-refractivity contribution in [2.24, 2.45) is 5.73 Å². The van der Waals surface area contributed by atoms with E-state index in [2.05, 4.69) is 35.3 Å². The highest BCUT2D eigenvalue weighted by atomic mass is 16.5. The Balaban J connectivity index is 1.73. The van der Waals surface area contributed by atoms with Gasteiger partial charge in [-0.3, -0.25) is 0 Å². The number of aromatic nitrogens is 1. The van der Waals surface area contributed by atoms with Crippen LogP contribution in [0.3, 0.4) is 0 Å². The molecule has 0 atom stereocenters. The van der Waals surface area contributed by atoms with E-state index in [1.54, 1.807) is 0 Å². The van der Waals surface area contributed by atoms with Crippen LogP contribution in [-0.4, -0.2) is 4.98 Å². The molecule has 1 heterocycles. The molecule has 102 valence electrons. The van der Waals surface area contributed by atoms with E-state index in [0.717, 1.165) is 16.6 Å². The number of ether oxygens (including phenoxy) is 1. The Morgan fingerprint density at radius 2 is 1.75 bits per heavy atom. The number of benzene rings is 2. The van der Waals surface area contributed by atoms with Gasteiger partial charge < -0.3 is 15.5 Å². The lowest BCUT2D eigenvalue weighted by atomic mass is 10.1. The maximum atomic E-state index is 5.81. The Morgan fingerprint density at radius 3 is 2.55 bits per heavy atom. The molecule has 1 aromatic heterocycles. The van der Waals surface area contributed by atoms with Gasteiger partial charge in [-0.2, -0.15) is 0 Å². The standard InChI is InChI=1S/C17H18N2O/c18-9-15-10-19-17-14(7-4-8-16(15)17)12-20-11-13-5-2-1-3-6-13/h1-8,10,19H,9,11-12,18H2. The van der Waals surface area contributed by atoms with Crippen LogP contribution in [-0.2, 0) is 24.5 Å². The SMILES string of the molecule is NCc1c[nH]c2c(COCc3ccccc3)cccc12. The van der Waals surface area contributed by atoms with Crippen LogP contribution in [0.2, 0.25) is 0 Å². The van der Waals surface area contributed by atoms with E-state index in [0.29, 0.717) is 19.8 Å². The zero-order valence-electron chi connectivity index (χ0n) is 11.3. The summed E-state index contributed by atoms with van der Waals surface area (Å²) in [5.74, 6) is 0. The highest BCUT2D eigenvalue weighted by Crippen LogP contribution is 2.22. The van der Waals surface area contributed by atoms with Crippen molar-refractivity contribution in [1.82, 2.24) is 4.98 Å². The molecule has 0 aliphatic rings. The summed E-state index contributed by atoms with van der Waals surface area (Å²) in [6.45, 7) is 1.77. The summed E-state index contributed by atoms with van der Waals surface area (Å²) < 4.78 is 5.81. The number of H-pyrrole nitrogens is 1. The van der Waals surface area contributed by atoms with Crippen LogP contribution in [0.5, 0.6) is 0 Å². The third kappa shape index (κ3) is 2.59. The first-order valence-electron chi connectivity index (χ1n) is 6.78. The predicted molar refractivity (Wildman–Crippen MR) is 81.1 cm³/mol. The largest absolute Gasteiger partial charge is 0.372 e. The molecule has 3 aromatic rings. The van der Waals surface area contributed by atoms with Crippen LogP contribution in [0.25, 0.3) is 10.9 Å². The maximum absolute atomic E-state index is 5.81. The zero-order chi connectivity index (χ0) is 13.8. The molecule has 0 unspecified atom stereocenters. The summed E-state index contributed by atoms with van der Waals surface area (Å²) in [6, 6.07) is 16.4. The summed E-state index contributed by atoms with van der Waals surface area (Å²) in [7, 11) is 0. The summed E-state index contributed by atoms with van der Waals surface area (Å²) in [6.07, 6.45) is 1.98. The fourth-order valence-electron chi connectivity index (χ4n) is 2.42. The molecule has 0 radical (unpaired) electrons. The zero-order valence-corrected chi connectivity index (χ0v) is 11.3. The molecule has 0 aliphatic heterocycles. The Morgan fingerprint density at radius 1 is 0.900 bits per heavy atom. The molecule has 3 N–H and O–H groups in total. The highest BCUT2D eigenvalue weighted by Gasteiger charge is 2.06. The minimum atomic E-state index is 0.550. The first kappa shape index (κ1) is 12.9. The third-order valence-corrected chi connectivity index (χ3v) is 3.48. The fraction of sp³-hybridized carbons (Fsp3) is 0.176. The summed E-state index contributed by atoms with van der Waals surface area (Å²) in [5, 5.41) is 1.19. The summed E-state index contributed by atoms with van der Waals surface area (Å²) >= 11 is 0. The molecule has 0 spiro atoms. The maximum Gasteiger partial charge on any atom is 0.0741 e. The number of nitrogens with one attached hydrogen (secondary N) is 1. The average Bonchev–Trinajstić information content (AvgIpc) is 2.92. The van der Waals surface area contributed by atoms with Gasteiger partial charge in [-0.1, -0.05) is 48.5 Å². The second-order valence-electron chi connectivity index (χ2n) is 4.84. The van der Waals surface area contributed by atoms with Gasteiger partial charge in [0, 0.05) is 23.7 Å². The quantitative estimate of drug-likeness (QED) is 0.744. The van der Waals surface area contributed by atoms with Crippen LogP contribution in [0.1, 0.15) is 16.7 Å². The molecule has 0 aliphatic carbocycles. The van der Waals surface area contributed by atoms with E-state index >= 15 is 0 Å². The van der Waals surface area contributed by atoms with E-state index in [4.69, 9.17) is 10.5 Å². The Labute approximate surface area is 118 Å². The number of fused-ring (bicyclic) bond motifs is 1. The topological polar surface area (TPSA) is 51.0 Å². The molecule has 3 heteroatoms. The van der Waals surface area contributed by atoms with Crippen molar-refractivity contribution in [2.45, 2.75) is 19.8 Å². The lowest BCUT2D eigenvalue weighted by Gasteiger charge is -2.06. The van der Waals surface area contributed by atoms with Crippen LogP contribution < -0.4 is 5.73 Å². The molecule has 0 bridgehead atoms. The molecular weight excluding hydrogens is 248 g/mol. The second kappa shape index (κ2) is 5.90. The van der Waals surface area contributed by atoms with Gasteiger partial charge in [0.1, 0.15) is 0 Å². The van der Waals surface area contributed by atoms with Crippen molar-refractivity contribution >= 4 is 10.9 Å². The molecule has 3 nitrogen and oxygen atoms in total. The Hall–Kier alpha value is -2.10. The summed E-state index contributed by atoms with van der Waals surface area (Å²) in [5.41, 5.74) is 10.4. The number of para-hydroxylation sites is 1. The number of hydrogen-bond donors (Lipinski definition) is 2. The fourth-order valence-corrected chi connectivity index (χ4v) is 2.42. The first-order chi connectivity index (χ1) is 9.88. The number of aromatic amines is 1. The number of rotatable bonds is 5. The van der Waals surface area contributed by atoms with E-state index in [9.17, 15) is 0 Å². The molecule has 0 saturated carbocycles. The van der Waals surface area contributed by atoms with Crippen molar-refractivity contribution < 1.29 is 4.74 Å². The Kier molecular flexibility index (Phi) is 3.81. The third-order valence-electron chi connectivity index (χ3n) is 3.48. The predicted octanol–water partition coefficient (Wildman–Crippen LogP) is 3.34. The van der Waals surface area contributed by atoms with Crippen molar-refractivity contribution in [1.29, 1.82) is 0 Å². The monoisotopic (exact) mass is 266 g/mol. The van der Waals surface area contributed by atoms with Crippen molar-refractivity contribution in [2.75, 3.05) is 0 Å². The molecular formula is C17H18N2O. The van der Waals surface area contributed by atoms with Gasteiger partial charge in [-0.15, -0.1) is 0 Å². The van der Waals surface area contributed by atoms with Crippen LogP contribution >= 0.6 is 0 Å². The number of nitrogens with two attached hydrogens (primary N) is 1. The Bertz CT molecular complexity index is 689. The molecule has 0 saturated heterocycles. The molecule has 0 amide bonds. The molecule has 2 aromatic carbocycles. The van der Waals surface area contributed by atoms with E-state index in [1.165, 1.54) is 10.9 Å². The first-order valence-corrected chi connectivity index (χ1v) is 6.78. The van der Waals surface area contributed by atoms with Crippen LogP contribution in [0.15, 0.2) is 54.7 Å².